The summed E-state index contributed by atoms with van der Waals surface area (Å²) in [5.74, 6) is 1.91. The van der Waals surface area contributed by atoms with Crippen LogP contribution in [0.2, 0.25) is 0 Å². The van der Waals surface area contributed by atoms with Crippen molar-refractivity contribution in [3.05, 3.63) is 76.9 Å². The highest BCUT2D eigenvalue weighted by Gasteiger charge is 2.47. The van der Waals surface area contributed by atoms with E-state index in [1.54, 1.807) is 19.3 Å². The summed E-state index contributed by atoms with van der Waals surface area (Å²) in [5, 5.41) is 22.7. The number of phenols is 2. The number of allylic oxidation sites excluding steroid dienone is 4. The molecule has 3 aliphatic rings. The fourth-order valence-electron chi connectivity index (χ4n) is 8.66. The van der Waals surface area contributed by atoms with E-state index in [9.17, 15) is 15.0 Å². The fraction of sp³-hybridized carbons (Fsp3) is 0.561. The highest BCUT2D eigenvalue weighted by molar-refractivity contribution is 5.89. The number of benzene rings is 2. The molecule has 6 atom stereocenters. The number of aromatic hydroxyl groups is 2. The van der Waals surface area contributed by atoms with E-state index in [2.05, 4.69) is 37.0 Å². The van der Waals surface area contributed by atoms with E-state index in [1.807, 2.05) is 24.3 Å². The molecule has 8 nitrogen and oxygen atoms in total. The normalized spacial score (nSPS) is 25.6. The number of aliphatic imine (C=N–C) groups is 1. The summed E-state index contributed by atoms with van der Waals surface area (Å²) in [7, 11) is 1.74. The molecular formula is C41H57N3O5. The van der Waals surface area contributed by atoms with E-state index in [1.165, 1.54) is 5.57 Å². The Morgan fingerprint density at radius 2 is 1.90 bits per heavy atom. The molecule has 0 aliphatic heterocycles. The lowest BCUT2D eigenvalue weighted by atomic mass is 9.56. The molecule has 2 saturated carbocycles. The number of aryl methyl sites for hydroxylation is 1. The molecule has 0 spiro atoms. The van der Waals surface area contributed by atoms with Crippen LogP contribution in [0.15, 0.2) is 65.2 Å². The van der Waals surface area contributed by atoms with Crippen LogP contribution >= 0.6 is 0 Å². The lowest BCUT2D eigenvalue weighted by molar-refractivity contribution is -0.114. The molecule has 0 heterocycles. The van der Waals surface area contributed by atoms with E-state index in [0.717, 1.165) is 74.5 Å². The summed E-state index contributed by atoms with van der Waals surface area (Å²) in [6, 6.07) is 11.7. The third kappa shape index (κ3) is 9.27. The van der Waals surface area contributed by atoms with Crippen molar-refractivity contribution in [3.8, 4) is 17.2 Å². The number of nitrogens with two attached hydrogens (primary N) is 2. The molecule has 0 amide bonds. The average molecular weight is 672 g/mol. The Morgan fingerprint density at radius 3 is 2.61 bits per heavy atom. The number of nitrogens with zero attached hydrogens (tertiary/aromatic N) is 1. The van der Waals surface area contributed by atoms with Crippen LogP contribution < -0.4 is 16.2 Å². The van der Waals surface area contributed by atoms with Crippen molar-refractivity contribution in [1.29, 1.82) is 0 Å². The van der Waals surface area contributed by atoms with Crippen molar-refractivity contribution in [2.45, 2.75) is 102 Å². The Labute approximate surface area is 292 Å². The summed E-state index contributed by atoms with van der Waals surface area (Å²) >= 11 is 0. The molecule has 266 valence electrons. The number of fused-ring (bicyclic) bond motifs is 1. The van der Waals surface area contributed by atoms with E-state index in [4.69, 9.17) is 20.9 Å². The van der Waals surface area contributed by atoms with Gasteiger partial charge in [0, 0.05) is 31.6 Å². The van der Waals surface area contributed by atoms with Gasteiger partial charge in [-0.2, -0.15) is 0 Å². The van der Waals surface area contributed by atoms with E-state index in [-0.39, 0.29) is 58.9 Å². The van der Waals surface area contributed by atoms with Gasteiger partial charge in [0.1, 0.15) is 5.75 Å². The number of carbonyl (C=O) groups is 1. The molecule has 6 unspecified atom stereocenters. The maximum atomic E-state index is 12.8. The topological polar surface area (TPSA) is 140 Å². The number of rotatable bonds is 15. The van der Waals surface area contributed by atoms with Gasteiger partial charge in [0.15, 0.2) is 23.2 Å². The molecule has 6 N–H and O–H groups in total. The van der Waals surface area contributed by atoms with Gasteiger partial charge in [-0.05, 0) is 123 Å². The molecular weight excluding hydrogens is 614 g/mol. The first-order chi connectivity index (χ1) is 23.7. The van der Waals surface area contributed by atoms with Gasteiger partial charge in [-0.15, -0.1) is 0 Å². The van der Waals surface area contributed by atoms with Crippen molar-refractivity contribution in [1.82, 2.24) is 0 Å². The largest absolute Gasteiger partial charge is 0.508 e. The summed E-state index contributed by atoms with van der Waals surface area (Å²) < 4.78 is 12.5. The Balaban J connectivity index is 1.62. The summed E-state index contributed by atoms with van der Waals surface area (Å²) in [4.78, 5) is 17.2. The first-order valence-corrected chi connectivity index (χ1v) is 18.4. The average Bonchev–Trinajstić information content (AvgIpc) is 3.58. The number of ether oxygens (including phenoxy) is 2. The monoisotopic (exact) mass is 671 g/mol. The quantitative estimate of drug-likeness (QED) is 0.0659. The summed E-state index contributed by atoms with van der Waals surface area (Å²) in [6.07, 6.45) is 15.9. The van der Waals surface area contributed by atoms with Crippen LogP contribution in [0.25, 0.3) is 0 Å². The van der Waals surface area contributed by atoms with Gasteiger partial charge in [0.25, 0.3) is 0 Å². The van der Waals surface area contributed by atoms with Crippen molar-refractivity contribution < 1.29 is 24.5 Å². The predicted molar refractivity (Wildman–Crippen MR) is 196 cm³/mol. The Morgan fingerprint density at radius 1 is 1.10 bits per heavy atom. The van der Waals surface area contributed by atoms with Crippen LogP contribution in [0.4, 0.5) is 0 Å². The van der Waals surface area contributed by atoms with Crippen LogP contribution in [0.3, 0.4) is 0 Å². The molecule has 2 fully saturated rings. The van der Waals surface area contributed by atoms with Gasteiger partial charge in [-0.25, -0.2) is 0 Å². The molecule has 0 aromatic heterocycles. The molecule has 0 radical (unpaired) electrons. The Hall–Kier alpha value is -3.78. The van der Waals surface area contributed by atoms with Crippen LogP contribution in [-0.4, -0.2) is 48.3 Å². The number of phenolic OH excluding ortho intramolecular Hbond substituents is 2. The minimum atomic E-state index is -0.0715. The van der Waals surface area contributed by atoms with E-state index < -0.39 is 0 Å². The first-order valence-electron chi connectivity index (χ1n) is 18.4. The number of guanidine groups is 1. The van der Waals surface area contributed by atoms with E-state index in [0.29, 0.717) is 37.7 Å². The van der Waals surface area contributed by atoms with E-state index >= 15 is 0 Å². The molecule has 3 aliphatic carbocycles. The summed E-state index contributed by atoms with van der Waals surface area (Å²) in [6.45, 7) is 5.40. The minimum absolute atomic E-state index is 0.0437. The van der Waals surface area contributed by atoms with Crippen molar-refractivity contribution in [2.24, 2.45) is 40.1 Å². The van der Waals surface area contributed by atoms with Crippen LogP contribution in [0, 0.1) is 23.7 Å². The lowest BCUT2D eigenvalue weighted by Gasteiger charge is -2.49. The Bertz CT molecular complexity index is 1510. The third-order valence-corrected chi connectivity index (χ3v) is 10.9. The Kier molecular flexibility index (Phi) is 12.8. The molecule has 0 saturated heterocycles. The van der Waals surface area contributed by atoms with Gasteiger partial charge in [-0.3, -0.25) is 9.79 Å². The number of methoxy groups -OCH3 is 1. The smallest absolute Gasteiger partial charge is 0.185 e. The van der Waals surface area contributed by atoms with Crippen LogP contribution in [0.5, 0.6) is 17.2 Å². The van der Waals surface area contributed by atoms with Crippen molar-refractivity contribution >= 4 is 11.7 Å². The zero-order valence-electron chi connectivity index (χ0n) is 29.7. The number of hydrogen-bond acceptors (Lipinski definition) is 6. The van der Waals surface area contributed by atoms with Gasteiger partial charge < -0.3 is 31.2 Å². The third-order valence-electron chi connectivity index (χ3n) is 10.9. The standard InChI is InChI=1S/C41H57N3O5/c1-4-5-6-11-30(45)16-15-27-21-36(40(47)38(22-27)49-32-13-7-8-14-32)39-35-20-26(2)19-33(28-10-9-12-31(46)23-28)34(35)24-29(37(39)25-48-3)17-18-44-41(42)43/h6,9-12,21-24,26,29,32-33,35,37,39,46-47H,4-5,7-8,13-20,25H2,1-3H3,(H4,42,43,44). The van der Waals surface area contributed by atoms with Gasteiger partial charge in [-0.1, -0.05) is 56.2 Å². The minimum Gasteiger partial charge on any atom is -0.508 e. The molecule has 5 rings (SSSR count). The highest BCUT2D eigenvalue weighted by Crippen LogP contribution is 2.58. The summed E-state index contributed by atoms with van der Waals surface area (Å²) in [5.41, 5.74) is 15.8. The molecule has 8 heteroatoms. The predicted octanol–water partition coefficient (Wildman–Crippen LogP) is 7.67. The number of carbonyl (C=O) groups excluding carboxylic acids is 1. The molecule has 0 bridgehead atoms. The maximum Gasteiger partial charge on any atom is 0.185 e. The number of hydrogen-bond donors (Lipinski definition) is 4. The second-order valence-corrected chi connectivity index (χ2v) is 14.6. The second kappa shape index (κ2) is 17.2. The number of unbranched alkanes of at least 4 members (excludes halogenated alkanes) is 1. The lowest BCUT2D eigenvalue weighted by Crippen LogP contribution is -2.40. The zero-order chi connectivity index (χ0) is 34.9. The SMILES string of the molecule is CCCC=CC(=O)CCc1cc(OC2CCCC2)c(O)c(C2C3CC(C)CC(c4cccc(O)c4)C3=CC(CCN=C(N)N)C2COC)c1. The maximum absolute atomic E-state index is 12.8. The van der Waals surface area contributed by atoms with Gasteiger partial charge >= 0.3 is 0 Å². The van der Waals surface area contributed by atoms with Gasteiger partial charge in [0.2, 0.25) is 0 Å². The van der Waals surface area contributed by atoms with Crippen LogP contribution in [0.1, 0.15) is 107 Å². The van der Waals surface area contributed by atoms with Crippen molar-refractivity contribution in [3.63, 3.8) is 0 Å². The first kappa shape index (κ1) is 36.5. The fourth-order valence-corrected chi connectivity index (χ4v) is 8.66. The van der Waals surface area contributed by atoms with Crippen molar-refractivity contribution in [2.75, 3.05) is 20.3 Å². The van der Waals surface area contributed by atoms with Gasteiger partial charge in [0.05, 0.1) is 12.7 Å². The van der Waals surface area contributed by atoms with Crippen LogP contribution in [-0.2, 0) is 16.0 Å². The molecule has 2 aromatic rings. The zero-order valence-corrected chi connectivity index (χ0v) is 29.7. The molecule has 2 aromatic carbocycles. The second-order valence-electron chi connectivity index (χ2n) is 14.6. The highest BCUT2D eigenvalue weighted by atomic mass is 16.5. The molecule has 49 heavy (non-hydrogen) atoms. The number of ketones is 1.